The van der Waals surface area contributed by atoms with E-state index in [9.17, 15) is 14.4 Å². The largest absolute Gasteiger partial charge is 0.342 e. The molecule has 1 unspecified atom stereocenters. The summed E-state index contributed by atoms with van der Waals surface area (Å²) in [7, 11) is 0. The van der Waals surface area contributed by atoms with Gasteiger partial charge in [0.25, 0.3) is 5.91 Å². The standard InChI is InChI=1S/C19H22ClN3O3/c20-15-4-1-12-6-9-23(10-7-13(12)11-15)16(24)5-8-19(14-2-3-14)17(25)21-18(26)22-19/h1,4,11,14H,2-3,5-10H2,(H2,21,22,25,26). The van der Waals surface area contributed by atoms with Gasteiger partial charge < -0.3 is 10.2 Å². The van der Waals surface area contributed by atoms with E-state index < -0.39 is 11.6 Å². The van der Waals surface area contributed by atoms with Gasteiger partial charge in [-0.25, -0.2) is 4.79 Å². The minimum atomic E-state index is -0.894. The smallest absolute Gasteiger partial charge is 0.322 e. The normalized spacial score (nSPS) is 25.3. The molecule has 138 valence electrons. The van der Waals surface area contributed by atoms with Crippen LogP contribution in [0.15, 0.2) is 18.2 Å². The fourth-order valence-corrected chi connectivity index (χ4v) is 4.35. The summed E-state index contributed by atoms with van der Waals surface area (Å²) >= 11 is 6.07. The fourth-order valence-electron chi connectivity index (χ4n) is 4.15. The lowest BCUT2D eigenvalue weighted by atomic mass is 9.87. The van der Waals surface area contributed by atoms with Crippen molar-refractivity contribution in [3.8, 4) is 0 Å². The summed E-state index contributed by atoms with van der Waals surface area (Å²) in [5.74, 6) is -0.0918. The molecule has 1 aliphatic carbocycles. The van der Waals surface area contributed by atoms with E-state index in [0.29, 0.717) is 19.5 Å². The molecule has 1 aromatic rings. The van der Waals surface area contributed by atoms with Gasteiger partial charge in [-0.3, -0.25) is 14.9 Å². The number of hydrogen-bond donors (Lipinski definition) is 2. The Labute approximate surface area is 157 Å². The molecule has 1 atom stereocenters. The summed E-state index contributed by atoms with van der Waals surface area (Å²) in [4.78, 5) is 38.5. The van der Waals surface area contributed by atoms with Gasteiger partial charge in [-0.2, -0.15) is 0 Å². The Bertz CT molecular complexity index is 777. The molecule has 7 heteroatoms. The molecule has 2 fully saturated rings. The van der Waals surface area contributed by atoms with Crippen LogP contribution in [0.25, 0.3) is 0 Å². The van der Waals surface area contributed by atoms with Gasteiger partial charge in [0.1, 0.15) is 5.54 Å². The van der Waals surface area contributed by atoms with E-state index in [2.05, 4.69) is 10.6 Å². The van der Waals surface area contributed by atoms with E-state index in [4.69, 9.17) is 11.6 Å². The first kappa shape index (κ1) is 17.3. The molecule has 0 bridgehead atoms. The molecule has 0 aromatic heterocycles. The third-order valence-corrected chi connectivity index (χ3v) is 6.03. The fraction of sp³-hybridized carbons (Fsp3) is 0.526. The molecule has 26 heavy (non-hydrogen) atoms. The second-order valence-electron chi connectivity index (χ2n) is 7.45. The van der Waals surface area contributed by atoms with Crippen LogP contribution in [0.3, 0.4) is 0 Å². The van der Waals surface area contributed by atoms with Gasteiger partial charge >= 0.3 is 6.03 Å². The summed E-state index contributed by atoms with van der Waals surface area (Å²) in [5, 5.41) is 5.84. The van der Waals surface area contributed by atoms with Gasteiger partial charge in [0.05, 0.1) is 0 Å². The highest BCUT2D eigenvalue weighted by Gasteiger charge is 2.55. The van der Waals surface area contributed by atoms with Gasteiger partial charge in [0.2, 0.25) is 5.91 Å². The maximum absolute atomic E-state index is 12.8. The highest BCUT2D eigenvalue weighted by Crippen LogP contribution is 2.43. The average Bonchev–Trinajstić information content (AvgIpc) is 3.42. The lowest BCUT2D eigenvalue weighted by Crippen LogP contribution is -2.50. The van der Waals surface area contributed by atoms with Crippen LogP contribution in [0.1, 0.15) is 36.8 Å². The first-order chi connectivity index (χ1) is 12.5. The van der Waals surface area contributed by atoms with Crippen LogP contribution in [-0.2, 0) is 22.4 Å². The number of nitrogens with one attached hydrogen (secondary N) is 2. The topological polar surface area (TPSA) is 78.5 Å². The van der Waals surface area contributed by atoms with E-state index in [0.717, 1.165) is 30.7 Å². The lowest BCUT2D eigenvalue weighted by Gasteiger charge is -2.27. The molecule has 1 saturated carbocycles. The van der Waals surface area contributed by atoms with Crippen molar-refractivity contribution in [2.24, 2.45) is 5.92 Å². The quantitative estimate of drug-likeness (QED) is 0.790. The van der Waals surface area contributed by atoms with E-state index in [1.165, 1.54) is 11.1 Å². The highest BCUT2D eigenvalue weighted by molar-refractivity contribution is 6.30. The zero-order chi connectivity index (χ0) is 18.3. The van der Waals surface area contributed by atoms with Crippen LogP contribution in [0.2, 0.25) is 5.02 Å². The van der Waals surface area contributed by atoms with Crippen molar-refractivity contribution in [2.75, 3.05) is 13.1 Å². The van der Waals surface area contributed by atoms with Crippen molar-refractivity contribution in [3.63, 3.8) is 0 Å². The van der Waals surface area contributed by atoms with E-state index in [1.54, 1.807) is 0 Å². The molecule has 0 spiro atoms. The molecule has 4 amide bonds. The van der Waals surface area contributed by atoms with Crippen molar-refractivity contribution in [1.29, 1.82) is 0 Å². The average molecular weight is 376 g/mol. The Morgan fingerprint density at radius 2 is 1.92 bits per heavy atom. The number of imide groups is 1. The summed E-state index contributed by atoms with van der Waals surface area (Å²) in [6.45, 7) is 1.32. The van der Waals surface area contributed by atoms with Crippen molar-refractivity contribution in [2.45, 2.75) is 44.1 Å². The molecule has 2 heterocycles. The monoisotopic (exact) mass is 375 g/mol. The third kappa shape index (κ3) is 3.18. The van der Waals surface area contributed by atoms with Crippen molar-refractivity contribution in [1.82, 2.24) is 15.5 Å². The molecule has 4 rings (SSSR count). The molecule has 1 saturated heterocycles. The van der Waals surface area contributed by atoms with Crippen molar-refractivity contribution >= 4 is 29.4 Å². The molecule has 0 radical (unpaired) electrons. The Morgan fingerprint density at radius 3 is 2.58 bits per heavy atom. The van der Waals surface area contributed by atoms with Gasteiger partial charge in [0, 0.05) is 24.5 Å². The van der Waals surface area contributed by atoms with E-state index in [-0.39, 0.29) is 24.2 Å². The van der Waals surface area contributed by atoms with Crippen LogP contribution in [0.5, 0.6) is 0 Å². The summed E-state index contributed by atoms with van der Waals surface area (Å²) in [6, 6.07) is 5.45. The van der Waals surface area contributed by atoms with Gasteiger partial charge in [-0.15, -0.1) is 0 Å². The second kappa shape index (κ2) is 6.58. The molecule has 1 aromatic carbocycles. The van der Waals surface area contributed by atoms with Crippen molar-refractivity contribution in [3.05, 3.63) is 34.3 Å². The van der Waals surface area contributed by atoms with Gasteiger partial charge in [0.15, 0.2) is 0 Å². The number of amides is 4. The minimum absolute atomic E-state index is 0.0397. The Hall–Kier alpha value is -2.08. The van der Waals surface area contributed by atoms with Gasteiger partial charge in [-0.05, 0) is 61.3 Å². The highest BCUT2D eigenvalue weighted by atomic mass is 35.5. The Kier molecular flexibility index (Phi) is 4.39. The summed E-state index contributed by atoms with van der Waals surface area (Å²) in [5.41, 5.74) is 1.54. The second-order valence-corrected chi connectivity index (χ2v) is 7.88. The number of benzene rings is 1. The zero-order valence-corrected chi connectivity index (χ0v) is 15.3. The SMILES string of the molecule is O=C1NC(=O)C(CCC(=O)N2CCc3ccc(Cl)cc3CC2)(C2CC2)N1. The summed E-state index contributed by atoms with van der Waals surface area (Å²) in [6.07, 6.45) is 4.06. The minimum Gasteiger partial charge on any atom is -0.342 e. The van der Waals surface area contributed by atoms with Gasteiger partial charge in [-0.1, -0.05) is 17.7 Å². The number of urea groups is 1. The molecular weight excluding hydrogens is 354 g/mol. The number of fused-ring (bicyclic) bond motifs is 1. The van der Waals surface area contributed by atoms with E-state index >= 15 is 0 Å². The van der Waals surface area contributed by atoms with Crippen LogP contribution >= 0.6 is 11.6 Å². The van der Waals surface area contributed by atoms with Crippen molar-refractivity contribution < 1.29 is 14.4 Å². The number of halogens is 1. The molecule has 2 aliphatic heterocycles. The Morgan fingerprint density at radius 1 is 1.19 bits per heavy atom. The predicted molar refractivity (Wildman–Crippen MR) is 96.8 cm³/mol. The maximum Gasteiger partial charge on any atom is 0.322 e. The number of carbonyl (C=O) groups excluding carboxylic acids is 3. The predicted octanol–water partition coefficient (Wildman–Crippen LogP) is 2.04. The van der Waals surface area contributed by atoms with Crippen LogP contribution in [0, 0.1) is 5.92 Å². The number of hydrogen-bond acceptors (Lipinski definition) is 3. The molecule has 6 nitrogen and oxygen atoms in total. The lowest BCUT2D eigenvalue weighted by molar-refractivity contribution is -0.132. The van der Waals surface area contributed by atoms with E-state index in [1.807, 2.05) is 23.1 Å². The van der Waals surface area contributed by atoms with Crippen LogP contribution in [-0.4, -0.2) is 41.4 Å². The zero-order valence-electron chi connectivity index (χ0n) is 14.5. The first-order valence-electron chi connectivity index (χ1n) is 9.16. The van der Waals surface area contributed by atoms with Crippen LogP contribution in [0.4, 0.5) is 4.79 Å². The molecular formula is C19H22ClN3O3. The molecule has 2 N–H and O–H groups in total. The number of rotatable bonds is 4. The number of nitrogens with zero attached hydrogens (tertiary/aromatic N) is 1. The summed E-state index contributed by atoms with van der Waals surface area (Å²) < 4.78 is 0. The number of carbonyl (C=O) groups is 3. The van der Waals surface area contributed by atoms with Crippen LogP contribution < -0.4 is 10.6 Å². The maximum atomic E-state index is 12.8. The molecule has 3 aliphatic rings. The first-order valence-corrected chi connectivity index (χ1v) is 9.54. The third-order valence-electron chi connectivity index (χ3n) is 5.80. The Balaban J connectivity index is 1.39.